The van der Waals surface area contributed by atoms with E-state index in [1.165, 1.54) is 11.1 Å². The first-order chi connectivity index (χ1) is 5.24. The Morgan fingerprint density at radius 3 is 2.36 bits per heavy atom. The van der Waals surface area contributed by atoms with E-state index >= 15 is 0 Å². The van der Waals surface area contributed by atoms with Crippen molar-refractivity contribution in [2.75, 3.05) is 7.05 Å². The van der Waals surface area contributed by atoms with Crippen LogP contribution in [-0.2, 0) is 0 Å². The van der Waals surface area contributed by atoms with Gasteiger partial charge in [0, 0.05) is 7.05 Å². The molecule has 0 heterocycles. The van der Waals surface area contributed by atoms with Crippen LogP contribution >= 0.6 is 0 Å². The summed E-state index contributed by atoms with van der Waals surface area (Å²) >= 11 is 0. The lowest BCUT2D eigenvalue weighted by Crippen LogP contribution is -1.77. The maximum absolute atomic E-state index is 3.93. The average Bonchev–Trinajstić information content (AvgIpc) is 1.98. The molecule has 58 valence electrons. The molecule has 0 fully saturated rings. The fourth-order valence-corrected chi connectivity index (χ4v) is 0.903. The highest BCUT2D eigenvalue weighted by molar-refractivity contribution is 5.42. The molecule has 0 N–H and O–H groups in total. The van der Waals surface area contributed by atoms with Crippen LogP contribution in [0.2, 0.25) is 0 Å². The molecule has 0 radical (unpaired) electrons. The number of nitrogens with zero attached hydrogens (tertiary/aromatic N) is 2. The summed E-state index contributed by atoms with van der Waals surface area (Å²) in [6, 6.07) is 6.05. The summed E-state index contributed by atoms with van der Waals surface area (Å²) in [6.07, 6.45) is 0. The molecule has 0 spiro atoms. The molecular formula is C9H12N2. The van der Waals surface area contributed by atoms with E-state index in [2.05, 4.69) is 30.1 Å². The van der Waals surface area contributed by atoms with Crippen molar-refractivity contribution in [3.63, 3.8) is 0 Å². The zero-order valence-electron chi connectivity index (χ0n) is 7.13. The summed E-state index contributed by atoms with van der Waals surface area (Å²) in [7, 11) is 1.68. The van der Waals surface area contributed by atoms with Gasteiger partial charge in [0.15, 0.2) is 0 Å². The van der Waals surface area contributed by atoms with Crippen LogP contribution in [0.1, 0.15) is 11.1 Å². The molecule has 1 aromatic rings. The lowest BCUT2D eigenvalue weighted by molar-refractivity contribution is 1.16. The molecule has 0 saturated heterocycles. The lowest BCUT2D eigenvalue weighted by atomic mass is 10.1. The Labute approximate surface area is 67.0 Å². The summed E-state index contributed by atoms with van der Waals surface area (Å²) in [4.78, 5) is 0. The summed E-state index contributed by atoms with van der Waals surface area (Å²) in [5, 5.41) is 7.64. The summed E-state index contributed by atoms with van der Waals surface area (Å²) in [6.45, 7) is 4.16. The fraction of sp³-hybridized carbons (Fsp3) is 0.333. The highest BCUT2D eigenvalue weighted by atomic mass is 15.1. The van der Waals surface area contributed by atoms with Gasteiger partial charge in [0.05, 0.1) is 5.69 Å². The van der Waals surface area contributed by atoms with Gasteiger partial charge in [0.25, 0.3) is 0 Å². The van der Waals surface area contributed by atoms with Gasteiger partial charge in [-0.15, -0.1) is 0 Å². The van der Waals surface area contributed by atoms with Gasteiger partial charge in [-0.1, -0.05) is 6.07 Å². The number of hydrogen-bond acceptors (Lipinski definition) is 2. The molecule has 0 aromatic heterocycles. The van der Waals surface area contributed by atoms with Crippen LogP contribution in [0.25, 0.3) is 0 Å². The van der Waals surface area contributed by atoms with Crippen molar-refractivity contribution < 1.29 is 0 Å². The summed E-state index contributed by atoms with van der Waals surface area (Å²) < 4.78 is 0. The number of azo groups is 1. The Morgan fingerprint density at radius 2 is 1.82 bits per heavy atom. The van der Waals surface area contributed by atoms with E-state index in [-0.39, 0.29) is 0 Å². The predicted molar refractivity (Wildman–Crippen MR) is 46.4 cm³/mol. The number of benzene rings is 1. The van der Waals surface area contributed by atoms with Crippen molar-refractivity contribution in [2.45, 2.75) is 13.8 Å². The van der Waals surface area contributed by atoms with E-state index in [4.69, 9.17) is 0 Å². The second kappa shape index (κ2) is 3.28. The van der Waals surface area contributed by atoms with Gasteiger partial charge in [0.2, 0.25) is 0 Å². The van der Waals surface area contributed by atoms with Crippen LogP contribution in [0.15, 0.2) is 28.4 Å². The number of aryl methyl sites for hydroxylation is 2. The van der Waals surface area contributed by atoms with Gasteiger partial charge in [0.1, 0.15) is 0 Å². The van der Waals surface area contributed by atoms with Crippen LogP contribution in [-0.4, -0.2) is 7.05 Å². The second-order valence-corrected chi connectivity index (χ2v) is 2.57. The van der Waals surface area contributed by atoms with Crippen LogP contribution in [0.4, 0.5) is 5.69 Å². The number of rotatable bonds is 1. The first kappa shape index (κ1) is 7.92. The minimum Gasteiger partial charge on any atom is -0.192 e. The third kappa shape index (κ3) is 1.87. The van der Waals surface area contributed by atoms with E-state index in [9.17, 15) is 0 Å². The molecule has 2 nitrogen and oxygen atoms in total. The Hall–Kier alpha value is -1.18. The van der Waals surface area contributed by atoms with Gasteiger partial charge >= 0.3 is 0 Å². The largest absolute Gasteiger partial charge is 0.192 e. The van der Waals surface area contributed by atoms with Crippen molar-refractivity contribution >= 4 is 5.69 Å². The highest BCUT2D eigenvalue weighted by Gasteiger charge is 1.92. The molecule has 0 aliphatic carbocycles. The SMILES string of the molecule is CN=Nc1ccc(C)c(C)c1. The molecule has 11 heavy (non-hydrogen) atoms. The molecule has 0 saturated carbocycles. The van der Waals surface area contributed by atoms with Crippen LogP contribution in [0.3, 0.4) is 0 Å². The molecule has 0 amide bonds. The molecule has 0 aliphatic rings. The Bertz CT molecular complexity index is 277. The molecule has 2 heteroatoms. The van der Waals surface area contributed by atoms with E-state index in [0.29, 0.717) is 0 Å². The van der Waals surface area contributed by atoms with Gasteiger partial charge in [-0.3, -0.25) is 0 Å². The topological polar surface area (TPSA) is 24.7 Å². The van der Waals surface area contributed by atoms with E-state index in [0.717, 1.165) is 5.69 Å². The van der Waals surface area contributed by atoms with Crippen LogP contribution < -0.4 is 0 Å². The standard InChI is InChI=1S/C9H12N2/c1-7-4-5-9(11-10-3)6-8(7)2/h4-6H,1-3H3. The normalized spacial score (nSPS) is 10.8. The zero-order valence-corrected chi connectivity index (χ0v) is 7.13. The maximum atomic E-state index is 3.93. The molecule has 0 aliphatic heterocycles. The van der Waals surface area contributed by atoms with Crippen LogP contribution in [0.5, 0.6) is 0 Å². The molecule has 1 rings (SSSR count). The van der Waals surface area contributed by atoms with E-state index in [1.54, 1.807) is 7.05 Å². The second-order valence-electron chi connectivity index (χ2n) is 2.57. The number of hydrogen-bond donors (Lipinski definition) is 0. The molecule has 0 bridgehead atoms. The minimum atomic E-state index is 0.926. The lowest BCUT2D eigenvalue weighted by Gasteiger charge is -1.98. The maximum Gasteiger partial charge on any atom is 0.0855 e. The van der Waals surface area contributed by atoms with Crippen molar-refractivity contribution in [2.24, 2.45) is 10.2 Å². The quantitative estimate of drug-likeness (QED) is 0.547. The van der Waals surface area contributed by atoms with Crippen LogP contribution in [0, 0.1) is 13.8 Å². The molecule has 0 unspecified atom stereocenters. The Morgan fingerprint density at radius 1 is 1.09 bits per heavy atom. The Kier molecular flexibility index (Phi) is 2.36. The van der Waals surface area contributed by atoms with Crippen molar-refractivity contribution in [1.82, 2.24) is 0 Å². The van der Waals surface area contributed by atoms with Crippen molar-refractivity contribution in [3.05, 3.63) is 29.3 Å². The molecule has 1 aromatic carbocycles. The summed E-state index contributed by atoms with van der Waals surface area (Å²) in [5.41, 5.74) is 3.48. The average molecular weight is 148 g/mol. The van der Waals surface area contributed by atoms with E-state index < -0.39 is 0 Å². The highest BCUT2D eigenvalue weighted by Crippen LogP contribution is 2.16. The first-order valence-electron chi connectivity index (χ1n) is 3.61. The van der Waals surface area contributed by atoms with Gasteiger partial charge < -0.3 is 0 Å². The van der Waals surface area contributed by atoms with Gasteiger partial charge in [-0.05, 0) is 37.1 Å². The zero-order chi connectivity index (χ0) is 8.27. The monoisotopic (exact) mass is 148 g/mol. The first-order valence-corrected chi connectivity index (χ1v) is 3.61. The fourth-order valence-electron chi connectivity index (χ4n) is 0.903. The van der Waals surface area contributed by atoms with Gasteiger partial charge in [-0.2, -0.15) is 10.2 Å². The third-order valence-electron chi connectivity index (χ3n) is 1.71. The van der Waals surface area contributed by atoms with Crippen molar-refractivity contribution in [3.8, 4) is 0 Å². The Balaban J connectivity index is 3.05. The predicted octanol–water partition coefficient (Wildman–Crippen LogP) is 3.02. The van der Waals surface area contributed by atoms with Crippen molar-refractivity contribution in [1.29, 1.82) is 0 Å². The van der Waals surface area contributed by atoms with E-state index in [1.807, 2.05) is 12.1 Å². The molecular weight excluding hydrogens is 136 g/mol. The minimum absolute atomic E-state index is 0.926. The summed E-state index contributed by atoms with van der Waals surface area (Å²) in [5.74, 6) is 0. The smallest absolute Gasteiger partial charge is 0.0855 e. The molecule has 0 atom stereocenters. The van der Waals surface area contributed by atoms with Gasteiger partial charge in [-0.25, -0.2) is 0 Å². The third-order valence-corrected chi connectivity index (χ3v) is 1.71.